The number of nitrogens with zero attached hydrogens (tertiary/aromatic N) is 3. The van der Waals surface area contributed by atoms with Crippen LogP contribution >= 0.6 is 0 Å². The van der Waals surface area contributed by atoms with Gasteiger partial charge in [-0.1, -0.05) is 36.4 Å². The predicted molar refractivity (Wildman–Crippen MR) is 162 cm³/mol. The second kappa shape index (κ2) is 15.1. The molecule has 0 saturated carbocycles. The van der Waals surface area contributed by atoms with Gasteiger partial charge in [0.25, 0.3) is 5.69 Å². The van der Waals surface area contributed by atoms with Gasteiger partial charge in [0.1, 0.15) is 6.61 Å². The van der Waals surface area contributed by atoms with Crippen LogP contribution in [0.1, 0.15) is 63.5 Å². The third-order valence-corrected chi connectivity index (χ3v) is 10.6. The average Bonchev–Trinajstić information content (AvgIpc) is 2.97. The summed E-state index contributed by atoms with van der Waals surface area (Å²) in [5.74, 6) is 0.143. The summed E-state index contributed by atoms with van der Waals surface area (Å²) in [4.78, 5) is 27.4. The van der Waals surface area contributed by atoms with Crippen molar-refractivity contribution in [2.45, 2.75) is 75.5 Å². The Kier molecular flexibility index (Phi) is 11.9. The number of amides is 1. The van der Waals surface area contributed by atoms with E-state index in [1.54, 1.807) is 37.0 Å². The van der Waals surface area contributed by atoms with Crippen molar-refractivity contribution in [2.24, 2.45) is 0 Å². The summed E-state index contributed by atoms with van der Waals surface area (Å²) in [6.45, 7) is 12.0. The molecule has 9 nitrogen and oxygen atoms in total. The van der Waals surface area contributed by atoms with E-state index < -0.39 is 31.4 Å². The van der Waals surface area contributed by atoms with E-state index in [9.17, 15) is 23.3 Å². The number of rotatable bonds is 14. The Morgan fingerprint density at radius 3 is 2.32 bits per heavy atom. The van der Waals surface area contributed by atoms with Crippen LogP contribution in [-0.4, -0.2) is 72.0 Å². The van der Waals surface area contributed by atoms with E-state index in [1.165, 1.54) is 17.7 Å². The number of nitro groups is 1. The van der Waals surface area contributed by atoms with Gasteiger partial charge in [-0.3, -0.25) is 10.1 Å². The average molecular weight is 586 g/mol. The predicted octanol–water partition coefficient (Wildman–Crippen LogP) is 5.96. The van der Waals surface area contributed by atoms with Gasteiger partial charge in [0.15, 0.2) is 9.84 Å². The summed E-state index contributed by atoms with van der Waals surface area (Å²) in [5, 5.41) is 10.0. The highest BCUT2D eigenvalue weighted by molar-refractivity contribution is 7.92. The summed E-state index contributed by atoms with van der Waals surface area (Å²) >= 11 is 0. The van der Waals surface area contributed by atoms with Gasteiger partial charge in [0, 0.05) is 37.8 Å². The van der Waals surface area contributed by atoms with Crippen molar-refractivity contribution in [1.29, 1.82) is 0 Å². The van der Waals surface area contributed by atoms with Crippen LogP contribution in [0.15, 0.2) is 67.3 Å². The summed E-state index contributed by atoms with van der Waals surface area (Å²) in [7, 11) is -3.18. The number of non-ortho nitro benzene ring substituents is 1. The molecule has 2 unspecified atom stereocenters. The van der Waals surface area contributed by atoms with E-state index in [1.807, 2.05) is 25.1 Å². The van der Waals surface area contributed by atoms with Crippen molar-refractivity contribution >= 4 is 21.6 Å². The van der Waals surface area contributed by atoms with E-state index in [2.05, 4.69) is 23.6 Å². The van der Waals surface area contributed by atoms with Crippen molar-refractivity contribution < 1.29 is 22.9 Å². The summed E-state index contributed by atoms with van der Waals surface area (Å²) in [5.41, 5.74) is 1.84. The Labute approximate surface area is 244 Å². The highest BCUT2D eigenvalue weighted by atomic mass is 32.2. The summed E-state index contributed by atoms with van der Waals surface area (Å²) < 4.78 is 31.1. The van der Waals surface area contributed by atoms with Crippen molar-refractivity contribution in [3.8, 4) is 0 Å². The first-order valence-electron chi connectivity index (χ1n) is 14.3. The Morgan fingerprint density at radius 1 is 1.12 bits per heavy atom. The van der Waals surface area contributed by atoms with Crippen LogP contribution in [0.3, 0.4) is 0 Å². The Hall–Kier alpha value is -3.24. The summed E-state index contributed by atoms with van der Waals surface area (Å²) in [6.07, 6.45) is 4.32. The molecule has 0 bridgehead atoms. The largest absolute Gasteiger partial charge is 0.445 e. The minimum absolute atomic E-state index is 0.00897. The van der Waals surface area contributed by atoms with Gasteiger partial charge >= 0.3 is 6.09 Å². The standard InChI is InChI=1S/C31H43N3O6S/c1-5-18-33(31(35)40-23-26-11-13-30(14-12-26)34(36)37)29-16-20-32(21-17-29)19-15-28(27-9-7-6-8-10-27)22-25(4)41(38,39)24(2)3/h5-14,24-25,28-29H,1,15-23H2,2-4H3. The maximum atomic E-state index is 13.0. The highest BCUT2D eigenvalue weighted by Crippen LogP contribution is 2.29. The number of hydrogen-bond acceptors (Lipinski definition) is 7. The van der Waals surface area contributed by atoms with Gasteiger partial charge in [0.2, 0.25) is 0 Å². The minimum atomic E-state index is -3.18. The molecule has 2 aromatic carbocycles. The molecule has 2 aromatic rings. The first-order chi connectivity index (χ1) is 19.5. The zero-order chi connectivity index (χ0) is 30.0. The molecule has 10 heteroatoms. The number of hydrogen-bond donors (Lipinski definition) is 0. The van der Waals surface area contributed by atoms with E-state index >= 15 is 0 Å². The lowest BCUT2D eigenvalue weighted by atomic mass is 9.90. The van der Waals surface area contributed by atoms with E-state index in [0.29, 0.717) is 18.5 Å². The Morgan fingerprint density at radius 2 is 1.76 bits per heavy atom. The van der Waals surface area contributed by atoms with Crippen molar-refractivity contribution in [3.05, 3.63) is 88.5 Å². The fraction of sp³-hybridized carbons (Fsp3) is 0.516. The molecular weight excluding hydrogens is 542 g/mol. The smallest absolute Gasteiger partial charge is 0.410 e. The molecule has 0 N–H and O–H groups in total. The fourth-order valence-corrected chi connectivity index (χ4v) is 6.82. The zero-order valence-corrected chi connectivity index (χ0v) is 25.2. The molecule has 0 aliphatic carbocycles. The topological polar surface area (TPSA) is 110 Å². The molecule has 3 rings (SSSR count). The molecule has 1 saturated heterocycles. The number of carbonyl (C=O) groups is 1. The monoisotopic (exact) mass is 585 g/mol. The Balaban J connectivity index is 1.55. The molecular formula is C31H43N3O6S. The molecule has 41 heavy (non-hydrogen) atoms. The molecule has 0 spiro atoms. The highest BCUT2D eigenvalue weighted by Gasteiger charge is 2.30. The van der Waals surface area contributed by atoms with Gasteiger partial charge in [0.05, 0.1) is 15.4 Å². The second-order valence-corrected chi connectivity index (χ2v) is 14.0. The third kappa shape index (κ3) is 9.13. The maximum Gasteiger partial charge on any atom is 0.410 e. The summed E-state index contributed by atoms with van der Waals surface area (Å²) in [6, 6.07) is 16.1. The molecule has 1 aliphatic rings. The van der Waals surface area contributed by atoms with Crippen LogP contribution in [0.25, 0.3) is 0 Å². The van der Waals surface area contributed by atoms with Crippen LogP contribution in [0.4, 0.5) is 10.5 Å². The number of piperidine rings is 1. The van der Waals surface area contributed by atoms with Gasteiger partial charge in [-0.15, -0.1) is 6.58 Å². The van der Waals surface area contributed by atoms with E-state index in [4.69, 9.17) is 4.74 Å². The van der Waals surface area contributed by atoms with Gasteiger partial charge in [-0.2, -0.15) is 0 Å². The number of likely N-dealkylation sites (tertiary alicyclic amines) is 1. The first-order valence-corrected chi connectivity index (χ1v) is 15.9. The van der Waals surface area contributed by atoms with Crippen LogP contribution in [-0.2, 0) is 21.2 Å². The molecule has 0 radical (unpaired) electrons. The van der Waals surface area contributed by atoms with E-state index in [0.717, 1.165) is 38.9 Å². The van der Waals surface area contributed by atoms with Crippen molar-refractivity contribution in [1.82, 2.24) is 9.80 Å². The van der Waals surface area contributed by atoms with Gasteiger partial charge < -0.3 is 14.5 Å². The normalized spacial score (nSPS) is 16.2. The molecule has 0 aromatic heterocycles. The van der Waals surface area contributed by atoms with Crippen LogP contribution in [0, 0.1) is 10.1 Å². The van der Waals surface area contributed by atoms with Gasteiger partial charge in [-0.05, 0) is 82.2 Å². The third-order valence-electron chi connectivity index (χ3n) is 7.97. The Bertz CT molecular complexity index is 1240. The number of nitro benzene ring substituents is 1. The molecule has 1 fully saturated rings. The number of benzene rings is 2. The minimum Gasteiger partial charge on any atom is -0.445 e. The molecule has 1 aliphatic heterocycles. The number of ether oxygens (including phenoxy) is 1. The SMILES string of the molecule is C=CCN(C(=O)OCc1ccc([N+](=O)[O-])cc1)C1CCN(CCC(CC(C)S(=O)(=O)C(C)C)c2ccccc2)CC1. The molecule has 1 amide bonds. The van der Waals surface area contributed by atoms with Gasteiger partial charge in [-0.25, -0.2) is 13.2 Å². The van der Waals surface area contributed by atoms with Crippen molar-refractivity contribution in [2.75, 3.05) is 26.2 Å². The van der Waals surface area contributed by atoms with E-state index in [-0.39, 0.29) is 24.3 Å². The maximum absolute atomic E-state index is 13.0. The lowest BCUT2D eigenvalue weighted by Crippen LogP contribution is -2.47. The first kappa shape index (κ1) is 32.3. The quantitative estimate of drug-likeness (QED) is 0.153. The number of carbonyl (C=O) groups excluding carboxylic acids is 1. The van der Waals surface area contributed by atoms with Crippen LogP contribution in [0.5, 0.6) is 0 Å². The lowest BCUT2D eigenvalue weighted by Gasteiger charge is -2.38. The van der Waals surface area contributed by atoms with Crippen LogP contribution in [0.2, 0.25) is 0 Å². The molecule has 224 valence electrons. The van der Waals surface area contributed by atoms with Crippen LogP contribution < -0.4 is 0 Å². The second-order valence-electron chi connectivity index (χ2n) is 11.1. The lowest BCUT2D eigenvalue weighted by molar-refractivity contribution is -0.384. The molecule has 1 heterocycles. The number of sulfone groups is 1. The van der Waals surface area contributed by atoms with Crippen molar-refractivity contribution in [3.63, 3.8) is 0 Å². The zero-order valence-electron chi connectivity index (χ0n) is 24.4. The fourth-order valence-electron chi connectivity index (χ4n) is 5.39. The molecule has 2 atom stereocenters.